The predicted molar refractivity (Wildman–Crippen MR) is 79.4 cm³/mol. The molecular weight excluding hydrogens is 242 g/mol. The van der Waals surface area contributed by atoms with E-state index < -0.39 is 0 Å². The first kappa shape index (κ1) is 13.0. The molecule has 1 atom stereocenters. The van der Waals surface area contributed by atoms with Gasteiger partial charge in [-0.2, -0.15) is 0 Å². The van der Waals surface area contributed by atoms with Crippen molar-refractivity contribution in [2.75, 3.05) is 5.32 Å². The Balaban J connectivity index is 2.16. The first-order valence-electron chi connectivity index (χ1n) is 6.15. The summed E-state index contributed by atoms with van der Waals surface area (Å²) in [6, 6.07) is 14.7. The van der Waals surface area contributed by atoms with Crippen LogP contribution in [-0.4, -0.2) is 0 Å². The molecule has 0 heterocycles. The summed E-state index contributed by atoms with van der Waals surface area (Å²) in [4.78, 5) is 0. The molecule has 0 amide bonds. The third-order valence-corrected chi connectivity index (χ3v) is 3.37. The molecule has 18 heavy (non-hydrogen) atoms. The standard InChI is InChI=1S/C16H18ClN/c1-11-4-9-16(12(2)10-11)13(3)18-15-7-5-14(17)6-8-15/h4-10,13,18H,1-3H3. The number of aryl methyl sites for hydroxylation is 2. The Hall–Kier alpha value is -1.47. The van der Waals surface area contributed by atoms with Crippen LogP contribution in [0.4, 0.5) is 5.69 Å². The van der Waals surface area contributed by atoms with Crippen LogP contribution in [0, 0.1) is 13.8 Å². The molecule has 0 aliphatic heterocycles. The molecule has 1 unspecified atom stereocenters. The van der Waals surface area contributed by atoms with Crippen LogP contribution in [0.3, 0.4) is 0 Å². The maximum Gasteiger partial charge on any atom is 0.0488 e. The molecular formula is C16H18ClN. The summed E-state index contributed by atoms with van der Waals surface area (Å²) in [6.07, 6.45) is 0. The topological polar surface area (TPSA) is 12.0 Å². The predicted octanol–water partition coefficient (Wildman–Crippen LogP) is 5.13. The van der Waals surface area contributed by atoms with Crippen LogP contribution in [0.1, 0.15) is 29.7 Å². The highest BCUT2D eigenvalue weighted by Gasteiger charge is 2.08. The third-order valence-electron chi connectivity index (χ3n) is 3.12. The summed E-state index contributed by atoms with van der Waals surface area (Å²) >= 11 is 5.88. The van der Waals surface area contributed by atoms with Gasteiger partial charge in [-0.1, -0.05) is 35.4 Å². The minimum absolute atomic E-state index is 0.284. The molecule has 1 nitrogen and oxygen atoms in total. The van der Waals surface area contributed by atoms with E-state index in [0.717, 1.165) is 10.7 Å². The van der Waals surface area contributed by atoms with E-state index in [1.165, 1.54) is 16.7 Å². The minimum Gasteiger partial charge on any atom is -0.379 e. The van der Waals surface area contributed by atoms with Crippen molar-refractivity contribution < 1.29 is 0 Å². The molecule has 0 bridgehead atoms. The van der Waals surface area contributed by atoms with Crippen molar-refractivity contribution in [1.82, 2.24) is 0 Å². The first-order valence-corrected chi connectivity index (χ1v) is 6.53. The SMILES string of the molecule is Cc1ccc(C(C)Nc2ccc(Cl)cc2)c(C)c1. The van der Waals surface area contributed by atoms with Gasteiger partial charge in [-0.25, -0.2) is 0 Å². The van der Waals surface area contributed by atoms with Crippen molar-refractivity contribution >= 4 is 17.3 Å². The molecule has 0 saturated heterocycles. The molecule has 0 fully saturated rings. The number of benzene rings is 2. The smallest absolute Gasteiger partial charge is 0.0488 e. The van der Waals surface area contributed by atoms with E-state index >= 15 is 0 Å². The Kier molecular flexibility index (Phi) is 3.93. The van der Waals surface area contributed by atoms with E-state index in [2.05, 4.69) is 44.3 Å². The van der Waals surface area contributed by atoms with E-state index in [1.54, 1.807) is 0 Å². The Morgan fingerprint density at radius 1 is 1.00 bits per heavy atom. The van der Waals surface area contributed by atoms with Crippen molar-refractivity contribution in [3.8, 4) is 0 Å². The highest BCUT2D eigenvalue weighted by Crippen LogP contribution is 2.23. The molecule has 0 spiro atoms. The largest absolute Gasteiger partial charge is 0.379 e. The fourth-order valence-corrected chi connectivity index (χ4v) is 2.31. The highest BCUT2D eigenvalue weighted by molar-refractivity contribution is 6.30. The van der Waals surface area contributed by atoms with E-state index in [0.29, 0.717) is 0 Å². The molecule has 1 N–H and O–H groups in total. The van der Waals surface area contributed by atoms with Gasteiger partial charge < -0.3 is 5.32 Å². The number of hydrogen-bond donors (Lipinski definition) is 1. The van der Waals surface area contributed by atoms with Crippen LogP contribution in [-0.2, 0) is 0 Å². The summed E-state index contributed by atoms with van der Waals surface area (Å²) in [6.45, 7) is 6.45. The number of hydrogen-bond acceptors (Lipinski definition) is 1. The molecule has 94 valence electrons. The molecule has 2 heteroatoms. The maximum absolute atomic E-state index is 5.88. The summed E-state index contributed by atoms with van der Waals surface area (Å²) in [5.41, 5.74) is 5.04. The summed E-state index contributed by atoms with van der Waals surface area (Å²) in [5.74, 6) is 0. The van der Waals surface area contributed by atoms with Gasteiger partial charge in [0.1, 0.15) is 0 Å². The molecule has 2 rings (SSSR count). The number of rotatable bonds is 3. The highest BCUT2D eigenvalue weighted by atomic mass is 35.5. The number of nitrogens with one attached hydrogen (secondary N) is 1. The van der Waals surface area contributed by atoms with Crippen LogP contribution < -0.4 is 5.32 Å². The second-order valence-corrected chi connectivity index (χ2v) is 5.17. The van der Waals surface area contributed by atoms with Crippen LogP contribution >= 0.6 is 11.6 Å². The second kappa shape index (κ2) is 5.45. The van der Waals surface area contributed by atoms with E-state index in [-0.39, 0.29) is 6.04 Å². The summed E-state index contributed by atoms with van der Waals surface area (Å²) in [7, 11) is 0. The normalized spacial score (nSPS) is 12.2. The third kappa shape index (κ3) is 3.05. The van der Waals surface area contributed by atoms with Gasteiger partial charge in [-0.15, -0.1) is 0 Å². The van der Waals surface area contributed by atoms with Gasteiger partial charge in [0, 0.05) is 16.8 Å². The second-order valence-electron chi connectivity index (χ2n) is 4.73. The lowest BCUT2D eigenvalue weighted by Gasteiger charge is -2.18. The quantitative estimate of drug-likeness (QED) is 0.806. The Morgan fingerprint density at radius 3 is 2.28 bits per heavy atom. The van der Waals surface area contributed by atoms with Gasteiger partial charge in [0.2, 0.25) is 0 Å². The molecule has 2 aromatic rings. The van der Waals surface area contributed by atoms with Gasteiger partial charge >= 0.3 is 0 Å². The molecule has 0 aromatic heterocycles. The average molecular weight is 260 g/mol. The van der Waals surface area contributed by atoms with Crippen LogP contribution in [0.25, 0.3) is 0 Å². The first-order chi connectivity index (χ1) is 8.56. The van der Waals surface area contributed by atoms with Gasteiger partial charge in [-0.3, -0.25) is 0 Å². The van der Waals surface area contributed by atoms with Gasteiger partial charge in [0.15, 0.2) is 0 Å². The van der Waals surface area contributed by atoms with Crippen LogP contribution in [0.15, 0.2) is 42.5 Å². The number of halogens is 1. The molecule has 0 aliphatic rings. The van der Waals surface area contributed by atoms with E-state index in [1.807, 2.05) is 24.3 Å². The maximum atomic E-state index is 5.88. The monoisotopic (exact) mass is 259 g/mol. The summed E-state index contributed by atoms with van der Waals surface area (Å²) < 4.78 is 0. The van der Waals surface area contributed by atoms with E-state index in [9.17, 15) is 0 Å². The zero-order chi connectivity index (χ0) is 13.1. The van der Waals surface area contributed by atoms with Crippen molar-refractivity contribution in [1.29, 1.82) is 0 Å². The van der Waals surface area contributed by atoms with Crippen molar-refractivity contribution in [3.63, 3.8) is 0 Å². The lowest BCUT2D eigenvalue weighted by molar-refractivity contribution is 0.873. The zero-order valence-corrected chi connectivity index (χ0v) is 11.8. The van der Waals surface area contributed by atoms with Gasteiger partial charge in [0.05, 0.1) is 0 Å². The van der Waals surface area contributed by atoms with Crippen molar-refractivity contribution in [2.24, 2.45) is 0 Å². The zero-order valence-electron chi connectivity index (χ0n) is 11.0. The minimum atomic E-state index is 0.284. The lowest BCUT2D eigenvalue weighted by atomic mass is 10.00. The lowest BCUT2D eigenvalue weighted by Crippen LogP contribution is -2.08. The van der Waals surface area contributed by atoms with E-state index in [4.69, 9.17) is 11.6 Å². The Morgan fingerprint density at radius 2 is 1.67 bits per heavy atom. The van der Waals surface area contributed by atoms with Gasteiger partial charge in [0.25, 0.3) is 0 Å². The number of anilines is 1. The Labute approximate surface area is 114 Å². The van der Waals surface area contributed by atoms with Crippen LogP contribution in [0.5, 0.6) is 0 Å². The average Bonchev–Trinajstić information content (AvgIpc) is 2.32. The molecule has 2 aromatic carbocycles. The molecule has 0 aliphatic carbocycles. The van der Waals surface area contributed by atoms with Gasteiger partial charge in [-0.05, 0) is 56.2 Å². The van der Waals surface area contributed by atoms with Crippen molar-refractivity contribution in [3.05, 3.63) is 64.2 Å². The summed E-state index contributed by atoms with van der Waals surface area (Å²) in [5, 5.41) is 4.25. The molecule has 0 radical (unpaired) electrons. The fourth-order valence-electron chi connectivity index (χ4n) is 2.19. The molecule has 0 saturated carbocycles. The van der Waals surface area contributed by atoms with Crippen molar-refractivity contribution in [2.45, 2.75) is 26.8 Å². The fraction of sp³-hybridized carbons (Fsp3) is 0.250. The Bertz CT molecular complexity index is 531. The van der Waals surface area contributed by atoms with Crippen LogP contribution in [0.2, 0.25) is 5.02 Å².